The van der Waals surface area contributed by atoms with Crippen LogP contribution in [0.5, 0.6) is 0 Å². The maximum Gasteiger partial charge on any atom is 0.244 e. The van der Waals surface area contributed by atoms with Crippen LogP contribution in [0, 0.1) is 0 Å². The molecule has 1 aliphatic heterocycles. The summed E-state index contributed by atoms with van der Waals surface area (Å²) in [4.78, 5) is 4.43. The maximum absolute atomic E-state index is 11.9. The van der Waals surface area contributed by atoms with Crippen molar-refractivity contribution in [3.05, 3.63) is 18.3 Å². The van der Waals surface area contributed by atoms with Crippen LogP contribution in [0.25, 0.3) is 0 Å². The summed E-state index contributed by atoms with van der Waals surface area (Å²) in [5, 5.41) is 6.73. The molecule has 1 aliphatic rings. The van der Waals surface area contributed by atoms with E-state index in [4.69, 9.17) is 0 Å². The molecule has 0 bridgehead atoms. The van der Waals surface area contributed by atoms with Crippen LogP contribution in [0.2, 0.25) is 0 Å². The summed E-state index contributed by atoms with van der Waals surface area (Å²) in [6.07, 6.45) is 4.71. The van der Waals surface area contributed by atoms with E-state index in [1.807, 2.05) is 0 Å². The Kier molecular flexibility index (Phi) is 4.95. The monoisotopic (exact) mass is 298 g/mol. The molecule has 1 aromatic heterocycles. The Morgan fingerprint density at radius 3 is 2.75 bits per heavy atom. The summed E-state index contributed by atoms with van der Waals surface area (Å²) in [7, 11) is -0.372. The van der Waals surface area contributed by atoms with Crippen molar-refractivity contribution in [2.24, 2.45) is 0 Å². The molecule has 7 heteroatoms. The molecule has 0 radical (unpaired) electrons. The number of hydrogen-bond acceptors (Lipinski definition) is 5. The van der Waals surface area contributed by atoms with Gasteiger partial charge in [0.05, 0.1) is 0 Å². The van der Waals surface area contributed by atoms with Gasteiger partial charge in [-0.3, -0.25) is 0 Å². The lowest BCUT2D eigenvalue weighted by Gasteiger charge is -2.17. The SMILES string of the molecule is CN(C)S(=O)(=O)c1ccc(NC2CCCNCC2)nc1. The van der Waals surface area contributed by atoms with Gasteiger partial charge in [-0.1, -0.05) is 0 Å². The molecule has 6 nitrogen and oxygen atoms in total. The third-order valence-corrected chi connectivity index (χ3v) is 5.24. The summed E-state index contributed by atoms with van der Waals surface area (Å²) < 4.78 is 25.1. The summed E-state index contributed by atoms with van der Waals surface area (Å²) in [6.45, 7) is 2.07. The van der Waals surface area contributed by atoms with Gasteiger partial charge in [-0.2, -0.15) is 0 Å². The first-order valence-electron chi connectivity index (χ1n) is 6.86. The highest BCUT2D eigenvalue weighted by Crippen LogP contribution is 2.16. The zero-order valence-electron chi connectivity index (χ0n) is 12.0. The highest BCUT2D eigenvalue weighted by molar-refractivity contribution is 7.89. The van der Waals surface area contributed by atoms with Crippen molar-refractivity contribution in [2.75, 3.05) is 32.5 Å². The van der Waals surface area contributed by atoms with Gasteiger partial charge >= 0.3 is 0 Å². The van der Waals surface area contributed by atoms with E-state index in [-0.39, 0.29) is 4.90 Å². The average molecular weight is 298 g/mol. The van der Waals surface area contributed by atoms with Gasteiger partial charge in [0.1, 0.15) is 10.7 Å². The topological polar surface area (TPSA) is 74.3 Å². The van der Waals surface area contributed by atoms with Crippen LogP contribution >= 0.6 is 0 Å². The van der Waals surface area contributed by atoms with E-state index in [0.717, 1.165) is 38.2 Å². The van der Waals surface area contributed by atoms with Crippen molar-refractivity contribution < 1.29 is 8.42 Å². The largest absolute Gasteiger partial charge is 0.367 e. The number of aromatic nitrogens is 1. The molecule has 0 spiro atoms. The van der Waals surface area contributed by atoms with E-state index in [1.165, 1.54) is 24.6 Å². The van der Waals surface area contributed by atoms with Crippen molar-refractivity contribution >= 4 is 15.8 Å². The zero-order valence-corrected chi connectivity index (χ0v) is 12.8. The van der Waals surface area contributed by atoms with E-state index in [1.54, 1.807) is 12.1 Å². The van der Waals surface area contributed by atoms with E-state index >= 15 is 0 Å². The Morgan fingerprint density at radius 2 is 2.10 bits per heavy atom. The summed E-state index contributed by atoms with van der Waals surface area (Å²) in [5.41, 5.74) is 0. The lowest BCUT2D eigenvalue weighted by atomic mass is 10.1. The van der Waals surface area contributed by atoms with Gasteiger partial charge in [-0.25, -0.2) is 17.7 Å². The normalized spacial score (nSPS) is 20.6. The van der Waals surface area contributed by atoms with Crippen molar-refractivity contribution in [1.82, 2.24) is 14.6 Å². The van der Waals surface area contributed by atoms with E-state index in [2.05, 4.69) is 15.6 Å². The number of rotatable bonds is 4. The molecule has 20 heavy (non-hydrogen) atoms. The van der Waals surface area contributed by atoms with E-state index < -0.39 is 10.0 Å². The summed E-state index contributed by atoms with van der Waals surface area (Å²) in [5.74, 6) is 0.731. The van der Waals surface area contributed by atoms with Crippen LogP contribution < -0.4 is 10.6 Å². The van der Waals surface area contributed by atoms with Gasteiger partial charge < -0.3 is 10.6 Å². The number of hydrogen-bond donors (Lipinski definition) is 2. The third kappa shape index (κ3) is 3.68. The quantitative estimate of drug-likeness (QED) is 0.863. The minimum absolute atomic E-state index is 0.218. The number of anilines is 1. The molecule has 2 N–H and O–H groups in total. The highest BCUT2D eigenvalue weighted by Gasteiger charge is 2.18. The average Bonchev–Trinajstić information content (AvgIpc) is 2.68. The summed E-state index contributed by atoms with van der Waals surface area (Å²) in [6, 6.07) is 3.72. The second-order valence-corrected chi connectivity index (χ2v) is 7.34. The lowest BCUT2D eigenvalue weighted by molar-refractivity contribution is 0.520. The molecule has 2 rings (SSSR count). The predicted octanol–water partition coefficient (Wildman–Crippen LogP) is 0.886. The van der Waals surface area contributed by atoms with Gasteiger partial charge in [-0.05, 0) is 44.5 Å². The fourth-order valence-electron chi connectivity index (χ4n) is 2.20. The minimum atomic E-state index is -3.40. The van der Waals surface area contributed by atoms with Crippen LogP contribution in [-0.2, 0) is 10.0 Å². The Hall–Kier alpha value is -1.18. The molecule has 112 valence electrons. The fraction of sp³-hybridized carbons (Fsp3) is 0.615. The van der Waals surface area contributed by atoms with Gasteiger partial charge in [-0.15, -0.1) is 0 Å². The minimum Gasteiger partial charge on any atom is -0.367 e. The molecule has 1 unspecified atom stereocenters. The van der Waals surface area contributed by atoms with Gasteiger partial charge in [0.25, 0.3) is 0 Å². The molecular weight excluding hydrogens is 276 g/mol. The fourth-order valence-corrected chi connectivity index (χ4v) is 3.05. The molecule has 1 saturated heterocycles. The first-order valence-corrected chi connectivity index (χ1v) is 8.30. The molecule has 0 aromatic carbocycles. The summed E-state index contributed by atoms with van der Waals surface area (Å²) >= 11 is 0. The number of nitrogens with one attached hydrogen (secondary N) is 2. The van der Waals surface area contributed by atoms with E-state index in [0.29, 0.717) is 6.04 Å². The maximum atomic E-state index is 11.9. The van der Waals surface area contributed by atoms with Crippen LogP contribution in [0.15, 0.2) is 23.2 Å². The van der Waals surface area contributed by atoms with Crippen molar-refractivity contribution in [3.8, 4) is 0 Å². The second kappa shape index (κ2) is 6.51. The molecule has 0 saturated carbocycles. The van der Waals surface area contributed by atoms with Crippen LogP contribution in [0.4, 0.5) is 5.82 Å². The van der Waals surface area contributed by atoms with Gasteiger partial charge in [0.15, 0.2) is 0 Å². The molecule has 1 atom stereocenters. The number of nitrogens with zero attached hydrogens (tertiary/aromatic N) is 2. The van der Waals surface area contributed by atoms with Gasteiger partial charge in [0.2, 0.25) is 10.0 Å². The van der Waals surface area contributed by atoms with Crippen molar-refractivity contribution in [2.45, 2.75) is 30.2 Å². The Labute approximate surface area is 120 Å². The third-order valence-electron chi connectivity index (χ3n) is 3.44. The first-order chi connectivity index (χ1) is 9.50. The molecule has 1 aromatic rings. The zero-order chi connectivity index (χ0) is 14.6. The molecule has 1 fully saturated rings. The molecule has 0 amide bonds. The molecule has 2 heterocycles. The molecule has 0 aliphatic carbocycles. The Morgan fingerprint density at radius 1 is 1.30 bits per heavy atom. The van der Waals surface area contributed by atoms with Crippen molar-refractivity contribution in [3.63, 3.8) is 0 Å². The first kappa shape index (κ1) is 15.2. The van der Waals surface area contributed by atoms with Crippen molar-refractivity contribution in [1.29, 1.82) is 0 Å². The highest BCUT2D eigenvalue weighted by atomic mass is 32.2. The van der Waals surface area contributed by atoms with Gasteiger partial charge in [0, 0.05) is 26.3 Å². The Balaban J connectivity index is 2.05. The van der Waals surface area contributed by atoms with Crippen LogP contribution in [0.3, 0.4) is 0 Å². The number of pyridine rings is 1. The van der Waals surface area contributed by atoms with Crippen LogP contribution in [0.1, 0.15) is 19.3 Å². The molecular formula is C13H22N4O2S. The van der Waals surface area contributed by atoms with Crippen LogP contribution in [-0.4, -0.2) is 50.9 Å². The Bertz CT molecular complexity index is 520. The number of sulfonamides is 1. The smallest absolute Gasteiger partial charge is 0.244 e. The van der Waals surface area contributed by atoms with E-state index in [9.17, 15) is 8.42 Å². The standard InChI is InChI=1S/C13H22N4O2S/c1-17(2)20(18,19)12-5-6-13(15-10-12)16-11-4-3-8-14-9-7-11/h5-6,10-11,14H,3-4,7-9H2,1-2H3,(H,15,16). The predicted molar refractivity (Wildman–Crippen MR) is 79.2 cm³/mol. The lowest BCUT2D eigenvalue weighted by Crippen LogP contribution is -2.23. The second-order valence-electron chi connectivity index (χ2n) is 5.19.